The van der Waals surface area contributed by atoms with Crippen molar-refractivity contribution in [3.63, 3.8) is 0 Å². The number of carbonyl (C=O) groups excluding carboxylic acids is 1. The second-order valence-corrected chi connectivity index (χ2v) is 4.70. The molecule has 0 bridgehead atoms. The minimum atomic E-state index is 0.0225. The highest BCUT2D eigenvalue weighted by molar-refractivity contribution is 5.76. The third kappa shape index (κ3) is 3.30. The Hall–Kier alpha value is -1.35. The van der Waals surface area contributed by atoms with Crippen molar-refractivity contribution in [1.29, 1.82) is 0 Å². The Bertz CT molecular complexity index is 386. The van der Waals surface area contributed by atoms with Crippen LogP contribution in [0.15, 0.2) is 24.3 Å². The molecule has 0 aliphatic heterocycles. The van der Waals surface area contributed by atoms with Crippen molar-refractivity contribution >= 4 is 5.91 Å². The number of aliphatic hydroxyl groups excluding tert-OH is 1. The average Bonchev–Trinajstić information content (AvgIpc) is 2.31. The van der Waals surface area contributed by atoms with Crippen LogP contribution in [0.1, 0.15) is 36.8 Å². The molecule has 1 aliphatic rings. The van der Waals surface area contributed by atoms with Gasteiger partial charge in [-0.1, -0.05) is 30.7 Å². The van der Waals surface area contributed by atoms with Crippen molar-refractivity contribution in [2.24, 2.45) is 5.92 Å². The monoisotopic (exact) mass is 233 g/mol. The van der Waals surface area contributed by atoms with Crippen LogP contribution in [0.5, 0.6) is 0 Å². The maximum absolute atomic E-state index is 11.6. The lowest BCUT2D eigenvalue weighted by atomic mass is 9.83. The normalized spacial score (nSPS) is 15.4. The molecule has 1 aliphatic carbocycles. The first-order valence-corrected chi connectivity index (χ1v) is 6.24. The lowest BCUT2D eigenvalue weighted by Crippen LogP contribution is -2.27. The first-order valence-electron chi connectivity index (χ1n) is 6.24. The largest absolute Gasteiger partial charge is 0.392 e. The number of nitrogens with one attached hydrogen (secondary N) is 1. The van der Waals surface area contributed by atoms with E-state index in [0.717, 1.165) is 11.1 Å². The van der Waals surface area contributed by atoms with Gasteiger partial charge in [-0.3, -0.25) is 4.79 Å². The van der Waals surface area contributed by atoms with Crippen molar-refractivity contribution in [2.75, 3.05) is 0 Å². The number of aliphatic hydroxyl groups is 1. The summed E-state index contributed by atoms with van der Waals surface area (Å²) in [6.45, 7) is 0.539. The molecule has 0 aromatic heterocycles. The Balaban J connectivity index is 1.81. The fourth-order valence-electron chi connectivity index (χ4n) is 2.11. The number of rotatable bonds is 5. The molecule has 1 fully saturated rings. The average molecular weight is 233 g/mol. The predicted molar refractivity (Wildman–Crippen MR) is 66.2 cm³/mol. The first-order chi connectivity index (χ1) is 8.29. The molecule has 0 atom stereocenters. The molecule has 1 amide bonds. The Kier molecular flexibility index (Phi) is 4.15. The van der Waals surface area contributed by atoms with Gasteiger partial charge in [0.15, 0.2) is 0 Å². The zero-order valence-electron chi connectivity index (χ0n) is 9.98. The van der Waals surface area contributed by atoms with Crippen LogP contribution in [0.25, 0.3) is 0 Å². The third-order valence-electron chi connectivity index (χ3n) is 3.46. The highest BCUT2D eigenvalue weighted by atomic mass is 16.3. The fourth-order valence-corrected chi connectivity index (χ4v) is 2.11. The van der Waals surface area contributed by atoms with Crippen LogP contribution in [0, 0.1) is 5.92 Å². The van der Waals surface area contributed by atoms with Gasteiger partial charge in [0.25, 0.3) is 0 Å². The van der Waals surface area contributed by atoms with Gasteiger partial charge in [-0.05, 0) is 29.9 Å². The Morgan fingerprint density at radius 1 is 1.29 bits per heavy atom. The summed E-state index contributed by atoms with van der Waals surface area (Å²) in [6, 6.07) is 7.64. The van der Waals surface area contributed by atoms with Gasteiger partial charge >= 0.3 is 0 Å². The van der Waals surface area contributed by atoms with E-state index in [-0.39, 0.29) is 12.5 Å². The molecular weight excluding hydrogens is 214 g/mol. The van der Waals surface area contributed by atoms with Crippen LogP contribution in [0.3, 0.4) is 0 Å². The molecule has 2 rings (SSSR count). The van der Waals surface area contributed by atoms with Crippen molar-refractivity contribution < 1.29 is 9.90 Å². The van der Waals surface area contributed by atoms with E-state index in [1.165, 1.54) is 19.3 Å². The van der Waals surface area contributed by atoms with E-state index in [9.17, 15) is 4.79 Å². The second kappa shape index (κ2) is 5.82. The quantitative estimate of drug-likeness (QED) is 0.817. The van der Waals surface area contributed by atoms with Crippen LogP contribution >= 0.6 is 0 Å². The van der Waals surface area contributed by atoms with Crippen molar-refractivity contribution in [3.05, 3.63) is 35.4 Å². The number of amides is 1. The van der Waals surface area contributed by atoms with Gasteiger partial charge in [-0.25, -0.2) is 0 Å². The fraction of sp³-hybridized carbons (Fsp3) is 0.500. The van der Waals surface area contributed by atoms with E-state index < -0.39 is 0 Å². The summed E-state index contributed by atoms with van der Waals surface area (Å²) < 4.78 is 0. The summed E-state index contributed by atoms with van der Waals surface area (Å²) in [5, 5.41) is 12.1. The topological polar surface area (TPSA) is 49.3 Å². The van der Waals surface area contributed by atoms with E-state index in [2.05, 4.69) is 5.32 Å². The molecule has 3 heteroatoms. The molecule has 0 spiro atoms. The highest BCUT2D eigenvalue weighted by Gasteiger charge is 2.20. The molecule has 92 valence electrons. The Morgan fingerprint density at radius 3 is 2.59 bits per heavy atom. The predicted octanol–water partition coefficient (Wildman–Crippen LogP) is 1.99. The zero-order valence-corrected chi connectivity index (χ0v) is 9.98. The molecule has 3 nitrogen and oxygen atoms in total. The molecule has 2 N–H and O–H groups in total. The van der Waals surface area contributed by atoms with Gasteiger partial charge in [0, 0.05) is 13.0 Å². The Labute approximate surface area is 102 Å². The van der Waals surface area contributed by atoms with E-state index in [1.807, 2.05) is 24.3 Å². The maximum Gasteiger partial charge on any atom is 0.220 e. The SMILES string of the molecule is O=C(CC1CCC1)NCc1ccccc1CO. The van der Waals surface area contributed by atoms with Gasteiger partial charge in [0.2, 0.25) is 5.91 Å². The molecule has 0 heterocycles. The summed E-state index contributed by atoms with van der Waals surface area (Å²) in [4.78, 5) is 11.6. The molecule has 1 aromatic carbocycles. The van der Waals surface area contributed by atoms with Gasteiger partial charge in [0.05, 0.1) is 6.61 Å². The first kappa shape index (κ1) is 12.1. The van der Waals surface area contributed by atoms with Crippen molar-refractivity contribution in [2.45, 2.75) is 38.8 Å². The van der Waals surface area contributed by atoms with Crippen molar-refractivity contribution in [1.82, 2.24) is 5.32 Å². The second-order valence-electron chi connectivity index (χ2n) is 4.70. The minimum Gasteiger partial charge on any atom is -0.392 e. The summed E-state index contributed by atoms with van der Waals surface area (Å²) in [6.07, 6.45) is 4.31. The van der Waals surface area contributed by atoms with Crippen LogP contribution in [0.4, 0.5) is 0 Å². The highest BCUT2D eigenvalue weighted by Crippen LogP contribution is 2.29. The van der Waals surface area contributed by atoms with E-state index in [4.69, 9.17) is 5.11 Å². The molecule has 0 saturated heterocycles. The van der Waals surface area contributed by atoms with E-state index >= 15 is 0 Å². The number of carbonyl (C=O) groups is 1. The number of benzene rings is 1. The number of hydrogen-bond donors (Lipinski definition) is 2. The van der Waals surface area contributed by atoms with Crippen LogP contribution < -0.4 is 5.32 Å². The van der Waals surface area contributed by atoms with Gasteiger partial charge in [-0.2, -0.15) is 0 Å². The Morgan fingerprint density at radius 2 is 2.00 bits per heavy atom. The van der Waals surface area contributed by atoms with Crippen LogP contribution in [0.2, 0.25) is 0 Å². The lowest BCUT2D eigenvalue weighted by Gasteiger charge is -2.24. The molecule has 0 radical (unpaired) electrons. The molecule has 1 saturated carbocycles. The molecular formula is C14H19NO2. The maximum atomic E-state index is 11.6. The zero-order chi connectivity index (χ0) is 12.1. The van der Waals surface area contributed by atoms with Crippen molar-refractivity contribution in [3.8, 4) is 0 Å². The standard InChI is InChI=1S/C14H19NO2/c16-10-13-7-2-1-6-12(13)9-15-14(17)8-11-4-3-5-11/h1-2,6-7,11,16H,3-5,8-10H2,(H,15,17). The lowest BCUT2D eigenvalue weighted by molar-refractivity contribution is -0.122. The van der Waals surface area contributed by atoms with Gasteiger partial charge in [-0.15, -0.1) is 0 Å². The summed E-state index contributed by atoms with van der Waals surface area (Å²) in [5.74, 6) is 0.727. The van der Waals surface area contributed by atoms with Gasteiger partial charge in [0.1, 0.15) is 0 Å². The minimum absolute atomic E-state index is 0.0225. The molecule has 1 aromatic rings. The summed E-state index contributed by atoms with van der Waals surface area (Å²) in [5.41, 5.74) is 1.88. The third-order valence-corrected chi connectivity index (χ3v) is 3.46. The summed E-state index contributed by atoms with van der Waals surface area (Å²) in [7, 11) is 0. The smallest absolute Gasteiger partial charge is 0.220 e. The van der Waals surface area contributed by atoms with Gasteiger partial charge < -0.3 is 10.4 Å². The molecule has 0 unspecified atom stereocenters. The van der Waals surface area contributed by atoms with E-state index in [1.54, 1.807) is 0 Å². The van der Waals surface area contributed by atoms with E-state index in [0.29, 0.717) is 18.9 Å². The number of hydrogen-bond acceptors (Lipinski definition) is 2. The molecule has 17 heavy (non-hydrogen) atoms. The van der Waals surface area contributed by atoms with Crippen LogP contribution in [-0.2, 0) is 17.9 Å². The summed E-state index contributed by atoms with van der Waals surface area (Å²) >= 11 is 0. The van der Waals surface area contributed by atoms with Crippen LogP contribution in [-0.4, -0.2) is 11.0 Å².